The molecule has 2 aliphatic heterocycles. The molecule has 2 aliphatic rings. The zero-order valence-corrected chi connectivity index (χ0v) is 37.6. The fraction of sp³-hybridized carbons (Fsp3) is 0.333. The average molecular weight is 911 g/mol. The van der Waals surface area contributed by atoms with Gasteiger partial charge >= 0.3 is 5.97 Å². The maximum absolute atomic E-state index is 13.3. The van der Waals surface area contributed by atoms with Gasteiger partial charge in [0.15, 0.2) is 5.69 Å². The van der Waals surface area contributed by atoms with E-state index in [2.05, 4.69) is 21.0 Å². The maximum atomic E-state index is 13.3. The van der Waals surface area contributed by atoms with Gasteiger partial charge in [-0.2, -0.15) is 5.10 Å². The van der Waals surface area contributed by atoms with E-state index in [1.165, 1.54) is 4.90 Å². The van der Waals surface area contributed by atoms with Crippen LogP contribution in [0, 0.1) is 13.8 Å². The summed E-state index contributed by atoms with van der Waals surface area (Å²) in [7, 11) is 0. The first-order valence-corrected chi connectivity index (χ1v) is 22.6. The second-order valence-corrected chi connectivity index (χ2v) is 16.5. The van der Waals surface area contributed by atoms with Crippen molar-refractivity contribution in [2.45, 2.75) is 45.6 Å². The molecule has 1 unspecified atom stereocenters. The van der Waals surface area contributed by atoms with E-state index in [0.29, 0.717) is 112 Å². The van der Waals surface area contributed by atoms with Crippen LogP contribution in [0.5, 0.6) is 5.75 Å². The second-order valence-electron chi connectivity index (χ2n) is 16.5. The van der Waals surface area contributed by atoms with Crippen molar-refractivity contribution in [1.82, 2.24) is 25.1 Å². The summed E-state index contributed by atoms with van der Waals surface area (Å²) >= 11 is 0. The third-order valence-corrected chi connectivity index (χ3v) is 12.0. The quantitative estimate of drug-likeness (QED) is 0.0442. The number of anilines is 1. The van der Waals surface area contributed by atoms with Crippen LogP contribution in [-0.2, 0) is 25.4 Å². The second kappa shape index (κ2) is 21.4. The molecular formula is C51H54N6O10. The lowest BCUT2D eigenvalue weighted by Gasteiger charge is -2.29. The van der Waals surface area contributed by atoms with Crippen LogP contribution >= 0.6 is 0 Å². The zero-order chi connectivity index (χ0) is 46.9. The Labute approximate surface area is 387 Å². The standard InChI is InChI=1S/C51H54N6O10/c1-32-29-35(30-33(2)45(32)42-16-7-15-41-38(47(51(62)63)55-57(41)42)13-8-22-67-43-17-5-10-34-9-3-4-11-37(34)43)48(59)53-21-24-65-26-28-66-27-25-64-23-20-52-40-14-6-12-39-46(40)50(61)56(49(39)60)36-18-19-44(58)54-31-36/h3-7,9-12,14-17,29-30,36,52H,8,13,18-28,31H2,1-2H3,(H,53,59)(H,54,58)(H,62,63). The number of benzene rings is 4. The molecule has 4 amide bonds. The number of carbonyl (C=O) groups is 5. The number of hydrogen-bond donors (Lipinski definition) is 4. The molecule has 16 nitrogen and oxygen atoms in total. The van der Waals surface area contributed by atoms with E-state index >= 15 is 0 Å². The number of imide groups is 1. The van der Waals surface area contributed by atoms with Gasteiger partial charge in [-0.25, -0.2) is 9.31 Å². The fourth-order valence-corrected chi connectivity index (χ4v) is 8.84. The number of aryl methyl sites for hydroxylation is 3. The molecule has 67 heavy (non-hydrogen) atoms. The minimum absolute atomic E-state index is 0.00276. The van der Waals surface area contributed by atoms with Gasteiger partial charge in [-0.15, -0.1) is 0 Å². The van der Waals surface area contributed by atoms with E-state index in [1.807, 2.05) is 86.6 Å². The molecule has 0 aliphatic carbocycles. The maximum Gasteiger partial charge on any atom is 0.356 e. The number of hydrogen-bond acceptors (Lipinski definition) is 11. The van der Waals surface area contributed by atoms with Gasteiger partial charge in [0.25, 0.3) is 17.7 Å². The van der Waals surface area contributed by atoms with Crippen LogP contribution in [0.4, 0.5) is 5.69 Å². The van der Waals surface area contributed by atoms with Gasteiger partial charge in [0, 0.05) is 53.8 Å². The van der Waals surface area contributed by atoms with Gasteiger partial charge in [0.1, 0.15) is 5.75 Å². The number of aromatic carboxylic acids is 1. The minimum atomic E-state index is -1.10. The molecule has 2 aromatic heterocycles. The summed E-state index contributed by atoms with van der Waals surface area (Å²) in [5.74, 6) is -1.33. The van der Waals surface area contributed by atoms with E-state index in [1.54, 1.807) is 22.7 Å². The van der Waals surface area contributed by atoms with Crippen molar-refractivity contribution in [2.75, 3.05) is 71.2 Å². The largest absolute Gasteiger partial charge is 0.493 e. The van der Waals surface area contributed by atoms with Gasteiger partial charge in [-0.05, 0) is 92.1 Å². The predicted octanol–water partition coefficient (Wildman–Crippen LogP) is 6.25. The van der Waals surface area contributed by atoms with Gasteiger partial charge in [0.05, 0.1) is 74.6 Å². The molecule has 16 heteroatoms. The Morgan fingerprint density at radius 1 is 0.791 bits per heavy atom. The van der Waals surface area contributed by atoms with Gasteiger partial charge < -0.3 is 40.0 Å². The van der Waals surface area contributed by atoms with Crippen molar-refractivity contribution >= 4 is 51.6 Å². The van der Waals surface area contributed by atoms with Crippen molar-refractivity contribution in [1.29, 1.82) is 0 Å². The van der Waals surface area contributed by atoms with E-state index in [4.69, 9.17) is 18.9 Å². The van der Waals surface area contributed by atoms with E-state index in [-0.39, 0.29) is 48.3 Å². The Morgan fingerprint density at radius 3 is 2.24 bits per heavy atom. The highest BCUT2D eigenvalue weighted by Crippen LogP contribution is 2.33. The molecule has 1 fully saturated rings. The number of rotatable bonds is 22. The van der Waals surface area contributed by atoms with Gasteiger partial charge in [-0.1, -0.05) is 48.5 Å². The fourth-order valence-electron chi connectivity index (χ4n) is 8.84. The van der Waals surface area contributed by atoms with Gasteiger partial charge in [-0.3, -0.25) is 24.1 Å². The monoisotopic (exact) mass is 910 g/mol. The number of carbonyl (C=O) groups excluding carboxylic acids is 4. The average Bonchev–Trinajstić information content (AvgIpc) is 3.83. The molecule has 4 heterocycles. The molecule has 4 N–H and O–H groups in total. The topological polar surface area (TPSA) is 199 Å². The number of nitrogens with zero attached hydrogens (tertiary/aromatic N) is 3. The summed E-state index contributed by atoms with van der Waals surface area (Å²) in [6.45, 7) is 7.28. The molecule has 1 saturated heterocycles. The Bertz CT molecular complexity index is 2780. The minimum Gasteiger partial charge on any atom is -0.493 e. The van der Waals surface area contributed by atoms with Crippen LogP contribution in [0.15, 0.2) is 91.0 Å². The summed E-state index contributed by atoms with van der Waals surface area (Å²) < 4.78 is 24.8. The highest BCUT2D eigenvalue weighted by molar-refractivity contribution is 6.24. The van der Waals surface area contributed by atoms with Crippen molar-refractivity contribution in [3.63, 3.8) is 0 Å². The van der Waals surface area contributed by atoms with Crippen LogP contribution in [-0.4, -0.2) is 121 Å². The smallest absolute Gasteiger partial charge is 0.356 e. The molecule has 0 bridgehead atoms. The molecule has 8 rings (SSSR count). The Hall–Kier alpha value is -7.14. The van der Waals surface area contributed by atoms with Crippen LogP contribution in [0.25, 0.3) is 27.5 Å². The summed E-state index contributed by atoms with van der Waals surface area (Å²) in [6, 6.07) is 28.1. The number of amides is 4. The lowest BCUT2D eigenvalue weighted by atomic mass is 9.96. The first-order valence-electron chi connectivity index (χ1n) is 22.6. The molecule has 0 spiro atoms. The Kier molecular flexibility index (Phi) is 14.8. The first-order chi connectivity index (χ1) is 32.6. The summed E-state index contributed by atoms with van der Waals surface area (Å²) in [5.41, 5.74) is 6.39. The number of pyridine rings is 1. The molecule has 4 aromatic carbocycles. The normalized spacial score (nSPS) is 14.7. The summed E-state index contributed by atoms with van der Waals surface area (Å²) in [5, 5.41) is 25.7. The number of piperidine rings is 1. The lowest BCUT2D eigenvalue weighted by Crippen LogP contribution is -2.50. The molecule has 0 radical (unpaired) electrons. The van der Waals surface area contributed by atoms with Crippen molar-refractivity contribution in [3.8, 4) is 17.0 Å². The van der Waals surface area contributed by atoms with Crippen molar-refractivity contribution in [3.05, 3.63) is 130 Å². The SMILES string of the molecule is Cc1cc(C(=O)NCCOCCOCCOCCNc2cccc3c2C(=O)N(C2CCC(=O)NC2)C3=O)cc(C)c1-c1cccc2c(CCCOc3cccc4ccccc34)c(C(=O)O)nn12. The molecular weight excluding hydrogens is 857 g/mol. The molecule has 348 valence electrons. The van der Waals surface area contributed by atoms with Crippen molar-refractivity contribution < 1.29 is 48.0 Å². The van der Waals surface area contributed by atoms with Crippen LogP contribution < -0.4 is 20.7 Å². The third kappa shape index (κ3) is 10.5. The highest BCUT2D eigenvalue weighted by Gasteiger charge is 2.42. The zero-order valence-electron chi connectivity index (χ0n) is 37.6. The number of aromatic nitrogens is 2. The van der Waals surface area contributed by atoms with Crippen molar-refractivity contribution in [2.24, 2.45) is 0 Å². The number of fused-ring (bicyclic) bond motifs is 3. The van der Waals surface area contributed by atoms with Crippen LogP contribution in [0.2, 0.25) is 0 Å². The van der Waals surface area contributed by atoms with E-state index in [9.17, 15) is 29.1 Å². The summed E-state index contributed by atoms with van der Waals surface area (Å²) in [6.07, 6.45) is 1.77. The highest BCUT2D eigenvalue weighted by atomic mass is 16.5. The lowest BCUT2D eigenvalue weighted by molar-refractivity contribution is -0.123. The van der Waals surface area contributed by atoms with E-state index < -0.39 is 5.97 Å². The number of nitrogens with one attached hydrogen (secondary N) is 3. The molecule has 0 saturated carbocycles. The summed E-state index contributed by atoms with van der Waals surface area (Å²) in [4.78, 5) is 64.8. The molecule has 1 atom stereocenters. The Morgan fingerprint density at radius 2 is 1.49 bits per heavy atom. The third-order valence-electron chi connectivity index (χ3n) is 12.0. The van der Waals surface area contributed by atoms with E-state index in [0.717, 1.165) is 38.9 Å². The van der Waals surface area contributed by atoms with Crippen LogP contribution in [0.3, 0.4) is 0 Å². The number of carboxylic acid groups (broad SMARTS) is 1. The molecule has 6 aromatic rings. The van der Waals surface area contributed by atoms with Crippen LogP contribution in [0.1, 0.15) is 77.5 Å². The predicted molar refractivity (Wildman–Crippen MR) is 251 cm³/mol. The van der Waals surface area contributed by atoms with Gasteiger partial charge in [0.2, 0.25) is 5.91 Å². The first kappa shape index (κ1) is 46.4. The number of carboxylic acids is 1. The Balaban J connectivity index is 0.740. The number of ether oxygens (including phenoxy) is 4.